The molecule has 3 N–H and O–H groups in total. The molecule has 1 heterocycles. The first kappa shape index (κ1) is 21.1. The number of nitrogens with zero attached hydrogens (tertiary/aromatic N) is 2. The highest BCUT2D eigenvalue weighted by Crippen LogP contribution is 2.30. The minimum absolute atomic E-state index is 0.170. The molecule has 2 amide bonds. The Kier molecular flexibility index (Phi) is 6.48. The van der Waals surface area contributed by atoms with E-state index >= 15 is 0 Å². The number of ether oxygens (including phenoxy) is 2. The van der Waals surface area contributed by atoms with Gasteiger partial charge in [-0.15, -0.1) is 0 Å². The molecule has 0 spiro atoms. The van der Waals surface area contributed by atoms with Crippen LogP contribution in [0.4, 0.5) is 14.9 Å². The third-order valence-electron chi connectivity index (χ3n) is 4.48. The van der Waals surface area contributed by atoms with E-state index in [2.05, 4.69) is 10.3 Å². The van der Waals surface area contributed by atoms with Gasteiger partial charge in [-0.1, -0.05) is 6.07 Å². The second kappa shape index (κ2) is 9.23. The number of benzene rings is 2. The number of methoxy groups -OCH3 is 1. The van der Waals surface area contributed by atoms with Crippen LogP contribution >= 0.6 is 0 Å². The van der Waals surface area contributed by atoms with Crippen LogP contribution in [0.5, 0.6) is 11.5 Å². The predicted octanol–water partition coefficient (Wildman–Crippen LogP) is 4.12. The van der Waals surface area contributed by atoms with Crippen molar-refractivity contribution in [3.05, 3.63) is 71.7 Å². The van der Waals surface area contributed by atoms with Gasteiger partial charge >= 0.3 is 6.03 Å². The predicted molar refractivity (Wildman–Crippen MR) is 113 cm³/mol. The van der Waals surface area contributed by atoms with E-state index in [1.165, 1.54) is 19.3 Å². The molecule has 0 aliphatic carbocycles. The Morgan fingerprint density at radius 2 is 2.00 bits per heavy atom. The van der Waals surface area contributed by atoms with E-state index in [4.69, 9.17) is 15.3 Å². The van der Waals surface area contributed by atoms with Crippen molar-refractivity contribution in [2.75, 3.05) is 19.5 Å². The number of rotatable bonds is 6. The second-order valence-corrected chi connectivity index (χ2v) is 6.66. The summed E-state index contributed by atoms with van der Waals surface area (Å²) >= 11 is 0. The lowest BCUT2D eigenvalue weighted by Crippen LogP contribution is -2.37. The third-order valence-corrected chi connectivity index (χ3v) is 4.48. The van der Waals surface area contributed by atoms with Crippen LogP contribution < -0.4 is 20.6 Å². The zero-order chi connectivity index (χ0) is 21.7. The summed E-state index contributed by atoms with van der Waals surface area (Å²) in [5.41, 5.74) is 3.64. The fourth-order valence-electron chi connectivity index (χ4n) is 2.89. The molecule has 3 rings (SSSR count). The summed E-state index contributed by atoms with van der Waals surface area (Å²) in [6, 6.07) is 13.5. The molecule has 0 unspecified atom stereocenters. The van der Waals surface area contributed by atoms with Crippen LogP contribution in [0, 0.1) is 12.7 Å². The SMILES string of the molecule is COc1cccc(NC(=O)N(C)N)c1COc1ccc(-c2ccc(F)cn2)cc1C. The minimum Gasteiger partial charge on any atom is -0.496 e. The first-order chi connectivity index (χ1) is 14.4. The number of halogens is 1. The number of hydrazine groups is 1. The van der Waals surface area contributed by atoms with E-state index in [-0.39, 0.29) is 12.4 Å². The van der Waals surface area contributed by atoms with Crippen LogP contribution in [-0.4, -0.2) is 30.2 Å². The van der Waals surface area contributed by atoms with Crippen LogP contribution in [0.15, 0.2) is 54.7 Å². The molecule has 0 fully saturated rings. The Bertz CT molecular complexity index is 1040. The molecule has 0 saturated carbocycles. The molecule has 8 heteroatoms. The normalized spacial score (nSPS) is 10.4. The van der Waals surface area contributed by atoms with E-state index in [0.717, 1.165) is 16.1 Å². The number of pyridine rings is 1. The van der Waals surface area contributed by atoms with E-state index in [0.29, 0.717) is 28.4 Å². The fourth-order valence-corrected chi connectivity index (χ4v) is 2.89. The van der Waals surface area contributed by atoms with Crippen molar-refractivity contribution in [2.24, 2.45) is 5.84 Å². The monoisotopic (exact) mass is 410 g/mol. The molecule has 30 heavy (non-hydrogen) atoms. The summed E-state index contributed by atoms with van der Waals surface area (Å²) in [6.07, 6.45) is 1.19. The summed E-state index contributed by atoms with van der Waals surface area (Å²) in [7, 11) is 3.00. The largest absolute Gasteiger partial charge is 0.496 e. The van der Waals surface area contributed by atoms with Crippen molar-refractivity contribution in [3.8, 4) is 22.8 Å². The Morgan fingerprint density at radius 3 is 2.63 bits per heavy atom. The maximum atomic E-state index is 13.1. The number of carbonyl (C=O) groups is 1. The third kappa shape index (κ3) is 4.84. The maximum Gasteiger partial charge on any atom is 0.335 e. The van der Waals surface area contributed by atoms with E-state index in [9.17, 15) is 9.18 Å². The van der Waals surface area contributed by atoms with Crippen LogP contribution in [0.2, 0.25) is 0 Å². The van der Waals surface area contributed by atoms with Gasteiger partial charge in [-0.25, -0.2) is 15.0 Å². The zero-order valence-electron chi connectivity index (χ0n) is 17.0. The summed E-state index contributed by atoms with van der Waals surface area (Å²) in [5.74, 6) is 6.36. The highest BCUT2D eigenvalue weighted by Gasteiger charge is 2.14. The highest BCUT2D eigenvalue weighted by molar-refractivity contribution is 5.90. The summed E-state index contributed by atoms with van der Waals surface area (Å²) in [6.45, 7) is 2.08. The molecule has 0 bridgehead atoms. The van der Waals surface area contributed by atoms with Gasteiger partial charge in [0.15, 0.2) is 0 Å². The molecule has 2 aromatic carbocycles. The molecular weight excluding hydrogens is 387 g/mol. The number of aryl methyl sites for hydroxylation is 1. The van der Waals surface area contributed by atoms with E-state index in [1.807, 2.05) is 25.1 Å². The molecule has 1 aromatic heterocycles. The van der Waals surface area contributed by atoms with E-state index in [1.54, 1.807) is 31.4 Å². The first-order valence-corrected chi connectivity index (χ1v) is 9.19. The van der Waals surface area contributed by atoms with Gasteiger partial charge in [-0.05, 0) is 55.0 Å². The number of anilines is 1. The minimum atomic E-state index is -0.461. The number of hydrogen-bond acceptors (Lipinski definition) is 5. The van der Waals surface area contributed by atoms with Crippen molar-refractivity contribution in [3.63, 3.8) is 0 Å². The zero-order valence-corrected chi connectivity index (χ0v) is 17.0. The molecule has 0 aliphatic heterocycles. The van der Waals surface area contributed by atoms with Gasteiger partial charge < -0.3 is 14.8 Å². The Morgan fingerprint density at radius 1 is 1.20 bits per heavy atom. The maximum absolute atomic E-state index is 13.1. The molecule has 0 atom stereocenters. The highest BCUT2D eigenvalue weighted by atomic mass is 19.1. The van der Waals surface area contributed by atoms with Crippen molar-refractivity contribution in [1.29, 1.82) is 0 Å². The van der Waals surface area contributed by atoms with Crippen LogP contribution in [0.25, 0.3) is 11.3 Å². The quantitative estimate of drug-likeness (QED) is 0.362. The smallest absolute Gasteiger partial charge is 0.335 e. The van der Waals surface area contributed by atoms with Gasteiger partial charge in [0.2, 0.25) is 0 Å². The number of carbonyl (C=O) groups excluding carboxylic acids is 1. The van der Waals surface area contributed by atoms with Crippen molar-refractivity contribution in [2.45, 2.75) is 13.5 Å². The van der Waals surface area contributed by atoms with Crippen LogP contribution in [-0.2, 0) is 6.61 Å². The molecular formula is C22H23FN4O3. The van der Waals surface area contributed by atoms with Crippen molar-refractivity contribution >= 4 is 11.7 Å². The molecule has 7 nitrogen and oxygen atoms in total. The topological polar surface area (TPSA) is 89.7 Å². The number of hydrogen-bond donors (Lipinski definition) is 2. The average Bonchev–Trinajstić information content (AvgIpc) is 2.73. The summed E-state index contributed by atoms with van der Waals surface area (Å²) < 4.78 is 24.5. The number of nitrogens with one attached hydrogen (secondary N) is 1. The van der Waals surface area contributed by atoms with Crippen molar-refractivity contribution < 1.29 is 18.7 Å². The number of aromatic nitrogens is 1. The molecule has 0 radical (unpaired) electrons. The van der Waals surface area contributed by atoms with Crippen LogP contribution in [0.3, 0.4) is 0 Å². The standard InChI is InChI=1S/C22H23FN4O3/c1-14-11-15(18-9-8-16(23)12-25-18)7-10-20(14)30-13-17-19(26-22(28)27(2)24)5-4-6-21(17)29-3/h4-12H,13,24H2,1-3H3,(H,26,28). The molecule has 3 aromatic rings. The van der Waals surface area contributed by atoms with Gasteiger partial charge in [-0.3, -0.25) is 9.99 Å². The lowest BCUT2D eigenvalue weighted by Gasteiger charge is -2.18. The van der Waals surface area contributed by atoms with Gasteiger partial charge in [0.25, 0.3) is 0 Å². The Labute approximate surface area is 174 Å². The Balaban J connectivity index is 1.81. The average molecular weight is 410 g/mol. The fraction of sp³-hybridized carbons (Fsp3) is 0.182. The van der Waals surface area contributed by atoms with Crippen LogP contribution in [0.1, 0.15) is 11.1 Å². The second-order valence-electron chi connectivity index (χ2n) is 6.66. The molecule has 0 saturated heterocycles. The number of urea groups is 1. The van der Waals surface area contributed by atoms with E-state index < -0.39 is 6.03 Å². The number of nitrogens with two attached hydrogens (primary N) is 1. The molecule has 156 valence electrons. The Hall–Kier alpha value is -3.65. The lowest BCUT2D eigenvalue weighted by molar-refractivity contribution is 0.223. The van der Waals surface area contributed by atoms with Gasteiger partial charge in [0, 0.05) is 12.6 Å². The van der Waals surface area contributed by atoms with Gasteiger partial charge in [-0.2, -0.15) is 0 Å². The summed E-state index contributed by atoms with van der Waals surface area (Å²) in [5, 5.41) is 3.69. The van der Waals surface area contributed by atoms with Gasteiger partial charge in [0.05, 0.1) is 30.3 Å². The molecule has 0 aliphatic rings. The summed E-state index contributed by atoms with van der Waals surface area (Å²) in [4.78, 5) is 16.1. The lowest BCUT2D eigenvalue weighted by atomic mass is 10.1. The first-order valence-electron chi connectivity index (χ1n) is 9.19. The van der Waals surface area contributed by atoms with Gasteiger partial charge in [0.1, 0.15) is 23.9 Å². The number of amides is 2. The van der Waals surface area contributed by atoms with Crippen molar-refractivity contribution in [1.82, 2.24) is 9.99 Å².